The van der Waals surface area contributed by atoms with Crippen LogP contribution in [0.2, 0.25) is 0 Å². The Morgan fingerprint density at radius 1 is 1.25 bits per heavy atom. The molecule has 12 heavy (non-hydrogen) atoms. The third-order valence-corrected chi connectivity index (χ3v) is 2.68. The van der Waals surface area contributed by atoms with Crippen LogP contribution in [0, 0.1) is 5.92 Å². The molecule has 0 aromatic rings. The maximum Gasteiger partial charge on any atom is 0.0351 e. The maximum atomic E-state index is 5.66. The number of nitrogens with zero attached hydrogens (tertiary/aromatic N) is 1. The van der Waals surface area contributed by atoms with Crippen LogP contribution in [0.1, 0.15) is 12.8 Å². The lowest BCUT2D eigenvalue weighted by molar-refractivity contribution is 0.342. The Labute approximate surface area is 90.8 Å². The van der Waals surface area contributed by atoms with E-state index >= 15 is 0 Å². The van der Waals surface area contributed by atoms with E-state index in [1.807, 2.05) is 0 Å². The van der Waals surface area contributed by atoms with Crippen LogP contribution in [-0.2, 0) is 0 Å². The second kappa shape index (κ2) is 7.25. The van der Waals surface area contributed by atoms with Crippen molar-refractivity contribution < 1.29 is 0 Å². The minimum atomic E-state index is 0. The van der Waals surface area contributed by atoms with Gasteiger partial charge in [-0.05, 0) is 25.3 Å². The predicted octanol–water partition coefficient (Wildman–Crippen LogP) is 2.60. The Kier molecular flexibility index (Phi) is 7.76. The van der Waals surface area contributed by atoms with Crippen LogP contribution >= 0.6 is 35.6 Å². The Hall–Kier alpha value is 0.830. The van der Waals surface area contributed by atoms with Gasteiger partial charge in [-0.1, -0.05) is 0 Å². The van der Waals surface area contributed by atoms with E-state index < -0.39 is 0 Å². The number of likely N-dealkylation sites (tertiary alicyclic amines) is 1. The molecule has 0 spiro atoms. The van der Waals surface area contributed by atoms with Crippen LogP contribution in [0.4, 0.5) is 0 Å². The third-order valence-electron chi connectivity index (χ3n) is 2.29. The van der Waals surface area contributed by atoms with Gasteiger partial charge < -0.3 is 4.90 Å². The molecule has 1 atom stereocenters. The van der Waals surface area contributed by atoms with E-state index in [0.717, 1.165) is 24.2 Å². The fraction of sp³-hybridized carbons (Fsp3) is 1.00. The Balaban J connectivity index is 0.00000121. The zero-order valence-electron chi connectivity index (χ0n) is 7.14. The van der Waals surface area contributed by atoms with Crippen molar-refractivity contribution in [3.63, 3.8) is 0 Å². The summed E-state index contributed by atoms with van der Waals surface area (Å²) in [5.41, 5.74) is 0. The standard InChI is InChI=1S/C8H15Cl2N.ClH/c9-3-1-8-2-5-11(7-8)6-4-10;/h8H,1-7H2;1H. The molecule has 1 saturated heterocycles. The van der Waals surface area contributed by atoms with Gasteiger partial charge in [0.25, 0.3) is 0 Å². The molecular weight excluding hydrogens is 216 g/mol. The average molecular weight is 233 g/mol. The normalized spacial score (nSPS) is 24.0. The molecule has 1 rings (SSSR count). The van der Waals surface area contributed by atoms with Crippen molar-refractivity contribution in [3.8, 4) is 0 Å². The number of hydrogen-bond donors (Lipinski definition) is 0. The quantitative estimate of drug-likeness (QED) is 0.674. The molecule has 1 heterocycles. The molecule has 0 bridgehead atoms. The van der Waals surface area contributed by atoms with Crippen molar-refractivity contribution in [1.29, 1.82) is 0 Å². The molecule has 1 unspecified atom stereocenters. The second-order valence-electron chi connectivity index (χ2n) is 3.12. The first-order valence-electron chi connectivity index (χ1n) is 4.21. The third kappa shape index (κ3) is 4.18. The first-order chi connectivity index (χ1) is 5.36. The fourth-order valence-corrected chi connectivity index (χ4v) is 2.17. The van der Waals surface area contributed by atoms with E-state index in [9.17, 15) is 0 Å². The van der Waals surface area contributed by atoms with Gasteiger partial charge in [0.2, 0.25) is 0 Å². The summed E-state index contributed by atoms with van der Waals surface area (Å²) in [6.45, 7) is 3.47. The number of halogens is 3. The molecule has 0 saturated carbocycles. The SMILES string of the molecule is Cl.ClCCC1CCN(CCCl)C1. The molecule has 1 nitrogen and oxygen atoms in total. The van der Waals surface area contributed by atoms with Gasteiger partial charge in [0.15, 0.2) is 0 Å². The zero-order valence-corrected chi connectivity index (χ0v) is 9.47. The van der Waals surface area contributed by atoms with Crippen LogP contribution in [0.3, 0.4) is 0 Å². The highest BCUT2D eigenvalue weighted by Gasteiger charge is 2.20. The van der Waals surface area contributed by atoms with Crippen LogP contribution in [0.5, 0.6) is 0 Å². The van der Waals surface area contributed by atoms with Crippen LogP contribution in [-0.4, -0.2) is 36.3 Å². The van der Waals surface area contributed by atoms with Crippen molar-refractivity contribution in [3.05, 3.63) is 0 Å². The van der Waals surface area contributed by atoms with E-state index in [1.165, 1.54) is 25.9 Å². The van der Waals surface area contributed by atoms with Gasteiger partial charge in [0.1, 0.15) is 0 Å². The number of alkyl halides is 2. The minimum Gasteiger partial charge on any atom is -0.302 e. The maximum absolute atomic E-state index is 5.66. The fourth-order valence-electron chi connectivity index (χ4n) is 1.63. The summed E-state index contributed by atoms with van der Waals surface area (Å²) in [7, 11) is 0. The average Bonchev–Trinajstić information content (AvgIpc) is 2.38. The van der Waals surface area contributed by atoms with Gasteiger partial charge in [-0.25, -0.2) is 0 Å². The van der Waals surface area contributed by atoms with Crippen LogP contribution < -0.4 is 0 Å². The summed E-state index contributed by atoms with van der Waals surface area (Å²) in [5.74, 6) is 2.39. The van der Waals surface area contributed by atoms with Crippen LogP contribution in [0.25, 0.3) is 0 Å². The van der Waals surface area contributed by atoms with E-state index in [4.69, 9.17) is 23.2 Å². The first-order valence-corrected chi connectivity index (χ1v) is 5.28. The molecule has 1 aliphatic rings. The highest BCUT2D eigenvalue weighted by atomic mass is 35.5. The number of hydrogen-bond acceptors (Lipinski definition) is 1. The van der Waals surface area contributed by atoms with Gasteiger partial charge in [-0.3, -0.25) is 0 Å². The first kappa shape index (κ1) is 12.8. The summed E-state index contributed by atoms with van der Waals surface area (Å²) >= 11 is 11.3. The lowest BCUT2D eigenvalue weighted by atomic mass is 10.1. The molecular formula is C8H16Cl3N. The topological polar surface area (TPSA) is 3.24 Å². The second-order valence-corrected chi connectivity index (χ2v) is 3.88. The smallest absolute Gasteiger partial charge is 0.0351 e. The highest BCUT2D eigenvalue weighted by Crippen LogP contribution is 2.19. The van der Waals surface area contributed by atoms with Gasteiger partial charge >= 0.3 is 0 Å². The summed E-state index contributed by atoms with van der Waals surface area (Å²) < 4.78 is 0. The lowest BCUT2D eigenvalue weighted by Crippen LogP contribution is -2.22. The highest BCUT2D eigenvalue weighted by molar-refractivity contribution is 6.18. The summed E-state index contributed by atoms with van der Waals surface area (Å²) in [4.78, 5) is 2.42. The van der Waals surface area contributed by atoms with E-state index in [2.05, 4.69) is 4.90 Å². The summed E-state index contributed by atoms with van der Waals surface area (Å²) in [6.07, 6.45) is 2.48. The predicted molar refractivity (Wildman–Crippen MR) is 57.9 cm³/mol. The van der Waals surface area contributed by atoms with Gasteiger partial charge in [0, 0.05) is 24.8 Å². The van der Waals surface area contributed by atoms with Gasteiger partial charge in [0.05, 0.1) is 0 Å². The number of rotatable bonds is 4. The molecule has 0 aromatic carbocycles. The zero-order chi connectivity index (χ0) is 8.10. The molecule has 74 valence electrons. The summed E-state index contributed by atoms with van der Waals surface area (Å²) in [6, 6.07) is 0. The molecule has 0 amide bonds. The molecule has 0 N–H and O–H groups in total. The van der Waals surface area contributed by atoms with Crippen molar-refractivity contribution in [1.82, 2.24) is 4.90 Å². The molecule has 0 aromatic heterocycles. The Morgan fingerprint density at radius 3 is 2.58 bits per heavy atom. The molecule has 1 aliphatic heterocycles. The van der Waals surface area contributed by atoms with Gasteiger partial charge in [-0.2, -0.15) is 0 Å². The lowest BCUT2D eigenvalue weighted by Gasteiger charge is -2.12. The van der Waals surface area contributed by atoms with Crippen LogP contribution in [0.15, 0.2) is 0 Å². The summed E-state index contributed by atoms with van der Waals surface area (Å²) in [5, 5.41) is 0. The van der Waals surface area contributed by atoms with E-state index in [1.54, 1.807) is 0 Å². The van der Waals surface area contributed by atoms with Crippen molar-refractivity contribution in [2.75, 3.05) is 31.4 Å². The van der Waals surface area contributed by atoms with Crippen molar-refractivity contribution >= 4 is 35.6 Å². The van der Waals surface area contributed by atoms with Crippen molar-refractivity contribution in [2.24, 2.45) is 5.92 Å². The minimum absolute atomic E-state index is 0. The van der Waals surface area contributed by atoms with Gasteiger partial charge in [-0.15, -0.1) is 35.6 Å². The van der Waals surface area contributed by atoms with E-state index in [0.29, 0.717) is 0 Å². The molecule has 1 fully saturated rings. The molecule has 0 radical (unpaired) electrons. The molecule has 4 heteroatoms. The van der Waals surface area contributed by atoms with Crippen molar-refractivity contribution in [2.45, 2.75) is 12.8 Å². The van der Waals surface area contributed by atoms with E-state index in [-0.39, 0.29) is 12.4 Å². The Morgan fingerprint density at radius 2 is 2.00 bits per heavy atom. The largest absolute Gasteiger partial charge is 0.302 e. The monoisotopic (exact) mass is 231 g/mol. The Bertz CT molecular complexity index is 98.5. The molecule has 0 aliphatic carbocycles.